The number of Topliss-reactive ketones (excluding diaryl/α,β-unsaturated/α-hetero) is 2. The fourth-order valence-electron chi connectivity index (χ4n) is 13.3. The highest BCUT2D eigenvalue weighted by molar-refractivity contribution is 7.91. The van der Waals surface area contributed by atoms with Crippen molar-refractivity contribution in [3.63, 3.8) is 0 Å². The Morgan fingerprint density at radius 3 is 1.55 bits per heavy atom. The number of hydrogen-bond acceptors (Lipinski definition) is 14. The van der Waals surface area contributed by atoms with Crippen molar-refractivity contribution in [3.05, 3.63) is 42.8 Å². The molecule has 23 nitrogen and oxygen atoms in total. The van der Waals surface area contributed by atoms with Gasteiger partial charge in [0.05, 0.1) is 18.1 Å². The minimum Gasteiger partial charge on any atom is -0.483 e. The first-order valence-corrected chi connectivity index (χ1v) is 33.8. The van der Waals surface area contributed by atoms with Gasteiger partial charge in [0.25, 0.3) is 28.3 Å². The summed E-state index contributed by atoms with van der Waals surface area (Å²) in [5.41, 5.74) is 5.46. The summed E-state index contributed by atoms with van der Waals surface area (Å²) in [6, 6.07) is -2.98. The van der Waals surface area contributed by atoms with Crippen LogP contribution in [0.4, 0.5) is 4.79 Å². The molecule has 1 aromatic heterocycles. The summed E-state index contributed by atoms with van der Waals surface area (Å²) in [5, 5.41) is 25.2. The molecular weight excluding hydrogens is 1170 g/mol. The van der Waals surface area contributed by atoms with Gasteiger partial charge < -0.3 is 52.5 Å². The van der Waals surface area contributed by atoms with Crippen molar-refractivity contribution in [2.24, 2.45) is 45.7 Å². The van der Waals surface area contributed by atoms with Crippen molar-refractivity contribution < 1.29 is 61.5 Å². The van der Waals surface area contributed by atoms with Gasteiger partial charge >= 0.3 is 6.03 Å². The van der Waals surface area contributed by atoms with Crippen molar-refractivity contribution >= 4 is 80.9 Å². The van der Waals surface area contributed by atoms with E-state index in [4.69, 9.17) is 15.6 Å². The number of nitrogens with two attached hydrogens (primary N) is 1. The van der Waals surface area contributed by atoms with Gasteiger partial charge in [-0.1, -0.05) is 157 Å². The summed E-state index contributed by atoms with van der Waals surface area (Å²) >= 11 is 1.12. The van der Waals surface area contributed by atoms with Crippen LogP contribution >= 0.6 is 11.3 Å². The van der Waals surface area contributed by atoms with Crippen LogP contribution in [0.5, 0.6) is 0 Å². The number of ketones is 2. The van der Waals surface area contributed by atoms with E-state index in [0.717, 1.165) is 88.4 Å². The number of carbonyl (C=O) groups is 10. The van der Waals surface area contributed by atoms with Crippen molar-refractivity contribution in [3.8, 4) is 0 Å². The monoisotopic (exact) mass is 1270 g/mol. The molecule has 7 rings (SSSR count). The molecule has 25 heteroatoms. The average molecular weight is 1270 g/mol. The molecule has 11 atom stereocenters. The topological polar surface area (TPSA) is 333 Å². The smallest absolute Gasteiger partial charge is 0.315 e. The van der Waals surface area contributed by atoms with Gasteiger partial charge in [-0.25, -0.2) is 13.2 Å². The van der Waals surface area contributed by atoms with Crippen molar-refractivity contribution in [1.29, 1.82) is 0 Å². The molecule has 0 unspecified atom stereocenters. The average Bonchev–Trinajstić information content (AvgIpc) is 1.58. The van der Waals surface area contributed by atoms with E-state index in [1.165, 1.54) is 23.5 Å². The number of rotatable bonds is 14. The SMILES string of the molecule is C=CCNC(=O)C(=O)[C@@H]1CCCCCCCCC[C@H](N)C(=O)N2C[C@H]3[C@@H]([C@H]2C(=O)N1)C3(C)C.C=CCNC(=O)C(=O)[C@@H]1CCCCCCCCC[C@H](NC(=O)N[C@H](CN(C)S(=O)(=O)c2cccs2)C(C)(C)C)C(=O)N2C[C@H]3[C@@H]([C@H]2C(=O)N1)C3(C)C.O=CO. The minimum atomic E-state index is -3.77. The summed E-state index contributed by atoms with van der Waals surface area (Å²) in [4.78, 5) is 131. The van der Waals surface area contributed by atoms with E-state index < -0.39 is 93.1 Å². The Hall–Kier alpha value is -6.05. The quantitative estimate of drug-likeness (QED) is 0.0675. The number of fused-ring (bicyclic) bond motifs is 6. The highest BCUT2D eigenvalue weighted by Crippen LogP contribution is 2.66. The predicted octanol–water partition coefficient (Wildman–Crippen LogP) is 5.19. The molecule has 4 saturated heterocycles. The molecule has 2 aliphatic carbocycles. The van der Waals surface area contributed by atoms with E-state index in [2.05, 4.69) is 72.8 Å². The number of piperidine rings is 2. The molecule has 88 heavy (non-hydrogen) atoms. The Morgan fingerprint density at radius 2 is 1.14 bits per heavy atom. The Labute approximate surface area is 524 Å². The fraction of sp³-hybridized carbons (Fsp3) is 0.714. The Balaban J connectivity index is 0.000000335. The van der Waals surface area contributed by atoms with Crippen LogP contribution in [-0.4, -0.2) is 169 Å². The minimum absolute atomic E-state index is 0.00801. The lowest BCUT2D eigenvalue weighted by molar-refractivity contribution is -0.144. The van der Waals surface area contributed by atoms with Crippen LogP contribution in [0.15, 0.2) is 47.0 Å². The lowest BCUT2D eigenvalue weighted by Crippen LogP contribution is -2.60. The van der Waals surface area contributed by atoms with Crippen LogP contribution in [0.25, 0.3) is 0 Å². The summed E-state index contributed by atoms with van der Waals surface area (Å²) < 4.78 is 27.8. The van der Waals surface area contributed by atoms with Gasteiger partial charge in [0.1, 0.15) is 22.3 Å². The number of carbonyl (C=O) groups excluding carboxylic acids is 9. The first kappa shape index (κ1) is 72.7. The fourth-order valence-corrected chi connectivity index (χ4v) is 15.7. The van der Waals surface area contributed by atoms with Crippen LogP contribution in [0.1, 0.15) is 164 Å². The molecular formula is C63H100N10O13S2. The maximum absolute atomic E-state index is 14.4. The van der Waals surface area contributed by atoms with E-state index in [-0.39, 0.29) is 82.5 Å². The first-order chi connectivity index (χ1) is 41.5. The second-order valence-electron chi connectivity index (χ2n) is 26.7. The molecule has 2 saturated carbocycles. The van der Waals surface area contributed by atoms with Gasteiger partial charge in [-0.2, -0.15) is 4.31 Å². The lowest BCUT2D eigenvalue weighted by atomic mass is 9.86. The summed E-state index contributed by atoms with van der Waals surface area (Å²) in [6.07, 6.45) is 17.4. The van der Waals surface area contributed by atoms with Gasteiger partial charge in [-0.15, -0.1) is 24.5 Å². The largest absolute Gasteiger partial charge is 0.483 e. The zero-order valence-electron chi connectivity index (χ0n) is 53.1. The molecule has 6 aliphatic rings. The molecule has 1 aromatic rings. The highest BCUT2D eigenvalue weighted by Gasteiger charge is 2.71. The third kappa shape index (κ3) is 18.8. The Morgan fingerprint density at radius 1 is 0.727 bits per heavy atom. The molecule has 0 radical (unpaired) electrons. The molecule has 9 N–H and O–H groups in total. The van der Waals surface area contributed by atoms with Crippen molar-refractivity contribution in [2.45, 2.75) is 211 Å². The standard InChI is InChI=1S/C37H58N6O7S2.C25H40N4O4.CH2O2/c1-8-20-38-33(46)31(44)25-17-14-12-10-9-11-13-15-18-26(34(47)43-22-24-29(37(24,5)6)30(43)32(45)39-25)40-35(48)41-27(36(2,3)4)23-42(7)52(49,50)28-19-16-21-51-28;1-4-14-27-23(32)21(30)18-13-11-9-7-5-6-8-10-12-17(26)24(33)29-15-16-19(25(16,2)3)20(29)22(31)28-18;2-1-3/h8,16,19,21,24-27,29-30H,1,9-15,17-18,20,22-23H2,2-7H3,(H,38,46)(H,39,45)(H2,40,41,48);4,16-20H,1,5-15,26H2,2-3H3,(H,27,32)(H,28,31);1H,(H,2,3)/t24-,25-,26-,27+,29-,30-;16-,17-,18-,19-,20-;/m00./s1. The number of nitrogens with one attached hydrogen (secondary N) is 6. The number of hydrogen-bond donors (Lipinski definition) is 8. The molecule has 4 aliphatic heterocycles. The third-order valence-corrected chi connectivity index (χ3v) is 22.1. The molecule has 492 valence electrons. The zero-order valence-corrected chi connectivity index (χ0v) is 54.7. The summed E-state index contributed by atoms with van der Waals surface area (Å²) in [6.45, 7) is 22.1. The van der Waals surface area contributed by atoms with Crippen LogP contribution in [0, 0.1) is 39.9 Å². The van der Waals surface area contributed by atoms with Crippen molar-refractivity contribution in [2.75, 3.05) is 39.8 Å². The van der Waals surface area contributed by atoms with Gasteiger partial charge in [-0.3, -0.25) is 43.2 Å². The Bertz CT molecular complexity index is 2750. The summed E-state index contributed by atoms with van der Waals surface area (Å²) in [5.74, 6) is -4.05. The molecule has 6 fully saturated rings. The van der Waals surface area contributed by atoms with E-state index in [1.807, 2.05) is 20.8 Å². The number of amides is 8. The number of thiophene rings is 1. The van der Waals surface area contributed by atoms with Gasteiger partial charge in [-0.05, 0) is 77.0 Å². The van der Waals surface area contributed by atoms with Gasteiger partial charge in [0.2, 0.25) is 35.2 Å². The maximum Gasteiger partial charge on any atom is 0.315 e. The Kier molecular flexibility index (Phi) is 26.9. The van der Waals surface area contributed by atoms with Gasteiger partial charge in [0, 0.05) is 45.8 Å². The van der Waals surface area contributed by atoms with Crippen LogP contribution in [0.2, 0.25) is 0 Å². The number of nitrogens with zero attached hydrogens (tertiary/aromatic N) is 3. The first-order valence-electron chi connectivity index (χ1n) is 31.5. The third-order valence-electron chi connectivity index (χ3n) is 18.9. The molecule has 8 amide bonds. The van der Waals surface area contributed by atoms with Crippen LogP contribution < -0.4 is 37.6 Å². The van der Waals surface area contributed by atoms with Crippen LogP contribution in [-0.2, 0) is 53.2 Å². The summed E-state index contributed by atoms with van der Waals surface area (Å²) in [7, 11) is -2.28. The molecule has 5 heterocycles. The molecule has 0 aromatic carbocycles. The lowest BCUT2D eigenvalue weighted by Gasteiger charge is -2.36. The number of sulfonamides is 1. The predicted molar refractivity (Wildman–Crippen MR) is 335 cm³/mol. The second kappa shape index (κ2) is 32.6. The van der Waals surface area contributed by atoms with Crippen molar-refractivity contribution in [1.82, 2.24) is 46.0 Å². The number of urea groups is 1. The number of likely N-dealkylation sites (N-methyl/N-ethyl adjacent to an activating group) is 1. The van der Waals surface area contributed by atoms with E-state index >= 15 is 0 Å². The zero-order chi connectivity index (χ0) is 65.3. The van der Waals surface area contributed by atoms with E-state index in [1.54, 1.807) is 27.3 Å². The van der Waals surface area contributed by atoms with Gasteiger partial charge in [0.15, 0.2) is 0 Å². The second-order valence-corrected chi connectivity index (χ2v) is 30.0. The van der Waals surface area contributed by atoms with E-state index in [0.29, 0.717) is 51.6 Å². The molecule has 0 spiro atoms. The van der Waals surface area contributed by atoms with E-state index in [9.17, 15) is 51.6 Å². The highest BCUT2D eigenvalue weighted by atomic mass is 32.2. The molecule has 0 bridgehead atoms. The normalized spacial score (nSPS) is 28.0. The maximum atomic E-state index is 14.4. The number of carboxylic acid groups (broad SMARTS) is 1. The van der Waals surface area contributed by atoms with Crippen LogP contribution in [0.3, 0.4) is 0 Å².